The van der Waals surface area contributed by atoms with Gasteiger partial charge in [0.05, 0.1) is 12.8 Å². The van der Waals surface area contributed by atoms with Gasteiger partial charge < -0.3 is 52.8 Å². The number of carbonyl (C=O) groups excluding carboxylic acids is 9. The van der Waals surface area contributed by atoms with E-state index in [1.165, 1.54) is 12.8 Å². The fourth-order valence-electron chi connectivity index (χ4n) is 8.46. The van der Waals surface area contributed by atoms with Crippen molar-refractivity contribution >= 4 is 59.2 Å². The summed E-state index contributed by atoms with van der Waals surface area (Å²) in [4.78, 5) is 137. The topological polar surface area (TPSA) is 310 Å². The van der Waals surface area contributed by atoms with Crippen molar-refractivity contribution in [3.05, 3.63) is 0 Å². The van der Waals surface area contributed by atoms with Crippen LogP contribution in [0.4, 0.5) is 0 Å². The molecule has 1 rings (SSSR count). The average Bonchev–Trinajstić information content (AvgIpc) is 3.26. The highest BCUT2D eigenvalue weighted by atomic mass is 16.5. The van der Waals surface area contributed by atoms with E-state index >= 15 is 0 Å². The van der Waals surface area contributed by atoms with Crippen LogP contribution in [-0.4, -0.2) is 113 Å². The molecule has 0 aromatic rings. The van der Waals surface area contributed by atoms with Gasteiger partial charge in [-0.2, -0.15) is 0 Å². The maximum absolute atomic E-state index is 14.2. The highest BCUT2D eigenvalue weighted by Gasteiger charge is 2.37. The highest BCUT2D eigenvalue weighted by Crippen LogP contribution is 2.19. The lowest BCUT2D eigenvalue weighted by atomic mass is 9.98. The molecule has 8 amide bonds. The lowest BCUT2D eigenvalue weighted by molar-refractivity contribution is -0.155. The number of hydrogen-bond acceptors (Lipinski definition) is 11. The van der Waals surface area contributed by atoms with Crippen molar-refractivity contribution < 1.29 is 57.8 Å². The van der Waals surface area contributed by atoms with E-state index in [9.17, 15) is 53.1 Å². The molecular weight excluding hydrogens is 929 g/mol. The third-order valence-corrected chi connectivity index (χ3v) is 12.2. The number of carboxylic acid groups (broad SMARTS) is 1. The molecule has 1 saturated heterocycles. The van der Waals surface area contributed by atoms with Crippen LogP contribution in [0.25, 0.3) is 0 Å². The van der Waals surface area contributed by atoms with Gasteiger partial charge in [0, 0.05) is 6.42 Å². The molecule has 10 N–H and O–H groups in total. The first-order valence-corrected chi connectivity index (χ1v) is 26.6. The van der Waals surface area contributed by atoms with Gasteiger partial charge in [-0.1, -0.05) is 128 Å². The van der Waals surface area contributed by atoms with Gasteiger partial charge in [0.1, 0.15) is 48.4 Å². The molecule has 0 aromatic heterocycles. The van der Waals surface area contributed by atoms with Crippen LogP contribution in [0.3, 0.4) is 0 Å². The van der Waals surface area contributed by atoms with Crippen molar-refractivity contribution in [2.75, 3.05) is 0 Å². The van der Waals surface area contributed by atoms with Crippen LogP contribution >= 0.6 is 0 Å². The van der Waals surface area contributed by atoms with E-state index in [-0.39, 0.29) is 68.6 Å². The second-order valence-corrected chi connectivity index (χ2v) is 21.7. The smallest absolute Gasteiger partial charge is 0.328 e. The Bertz CT molecular complexity index is 1770. The minimum Gasteiger partial charge on any atom is -0.481 e. The summed E-state index contributed by atoms with van der Waals surface area (Å²) in [5, 5.41) is 28.4. The number of cyclic esters (lactones) is 1. The molecule has 8 atom stereocenters. The van der Waals surface area contributed by atoms with Crippen molar-refractivity contribution in [2.45, 2.75) is 240 Å². The molecule has 0 bridgehead atoms. The fraction of sp³-hybridized carbons (Fsp3) is 0.808. The average molecular weight is 1020 g/mol. The van der Waals surface area contributed by atoms with Gasteiger partial charge >= 0.3 is 11.9 Å². The van der Waals surface area contributed by atoms with Crippen molar-refractivity contribution in [2.24, 2.45) is 35.3 Å². The largest absolute Gasteiger partial charge is 0.481 e. The van der Waals surface area contributed by atoms with Gasteiger partial charge in [-0.05, 0) is 74.5 Å². The zero-order valence-electron chi connectivity index (χ0n) is 45.2. The molecule has 1 heterocycles. The summed E-state index contributed by atoms with van der Waals surface area (Å²) in [6, 6.07) is -9.47. The third-order valence-electron chi connectivity index (χ3n) is 12.2. The van der Waals surface area contributed by atoms with Crippen molar-refractivity contribution in [3.8, 4) is 0 Å². The third kappa shape index (κ3) is 26.9. The summed E-state index contributed by atoms with van der Waals surface area (Å²) in [5.41, 5.74) is 5.49. The molecule has 0 spiro atoms. The monoisotopic (exact) mass is 1020 g/mol. The molecule has 1 aliphatic rings. The molecule has 0 radical (unpaired) electrons. The number of unbranched alkanes of at least 4 members (excludes halogenated alkanes) is 8. The Morgan fingerprint density at radius 3 is 1.33 bits per heavy atom. The standard InChI is InChI=1S/C52H92N8O12/c1-12-13-14-15-16-17-18-19-20-21-35-28-43(62)54-36(22-23-42(53)61)46(65)55-37(24-30(2)3)47(66)57-39(26-32(6)7)50(69)60-45(34(10)11)51(70)58-40(29-44(63)64)49(68)56-38(25-31(4)5)48(67)59-41(27-33(8)9)52(71)72-35/h30-41,45H,12-29H2,1-11H3,(H2,53,61)(H,54,62)(H,55,65)(H,56,68)(H,57,66)(H,58,70)(H,59,67)(H,60,69)(H,63,64)/t35?,36-,37?,38+,39+,40?,41?,45-/m0/s1. The Hall–Kier alpha value is -5.30. The number of amides is 8. The van der Waals surface area contributed by atoms with Gasteiger partial charge in [0.25, 0.3) is 0 Å². The first-order valence-electron chi connectivity index (χ1n) is 26.6. The number of hydrogen-bond donors (Lipinski definition) is 9. The second kappa shape index (κ2) is 34.2. The fourth-order valence-corrected chi connectivity index (χ4v) is 8.46. The van der Waals surface area contributed by atoms with Gasteiger partial charge in [-0.15, -0.1) is 0 Å². The summed E-state index contributed by atoms with van der Waals surface area (Å²) >= 11 is 0. The zero-order chi connectivity index (χ0) is 54.7. The van der Waals surface area contributed by atoms with Crippen molar-refractivity contribution in [1.29, 1.82) is 0 Å². The number of nitrogens with one attached hydrogen (secondary N) is 7. The molecule has 1 aliphatic heterocycles. The summed E-state index contributed by atoms with van der Waals surface area (Å²) in [6.45, 7) is 19.9. The van der Waals surface area contributed by atoms with Gasteiger partial charge in [0.15, 0.2) is 0 Å². The van der Waals surface area contributed by atoms with E-state index in [1.54, 1.807) is 27.7 Å². The van der Waals surface area contributed by atoms with Gasteiger partial charge in [-0.25, -0.2) is 4.79 Å². The van der Waals surface area contributed by atoms with Crippen LogP contribution in [0, 0.1) is 29.6 Å². The number of nitrogens with two attached hydrogens (primary N) is 1. The molecule has 412 valence electrons. The van der Waals surface area contributed by atoms with E-state index in [0.29, 0.717) is 6.42 Å². The number of aliphatic carboxylic acids is 1. The SMILES string of the molecule is CCCCCCCCCCCC1CC(=O)N[C@@H](CCC(N)=O)C(=O)NC(CC(C)C)C(=O)N[C@H](CC(C)C)C(=O)N[C@@H](C(C)C)C(=O)NC(CC(=O)O)C(=O)N[C@H](CC(C)C)C(=O)NC(CC(C)C)C(=O)O1. The molecule has 72 heavy (non-hydrogen) atoms. The maximum atomic E-state index is 14.2. The van der Waals surface area contributed by atoms with Crippen LogP contribution in [0.5, 0.6) is 0 Å². The normalized spacial score (nSPS) is 24.1. The first-order chi connectivity index (χ1) is 33.7. The maximum Gasteiger partial charge on any atom is 0.328 e. The van der Waals surface area contributed by atoms with E-state index in [4.69, 9.17) is 10.5 Å². The van der Waals surface area contributed by atoms with Gasteiger partial charge in [0.2, 0.25) is 47.3 Å². The zero-order valence-corrected chi connectivity index (χ0v) is 45.2. The summed E-state index contributed by atoms with van der Waals surface area (Å²) < 4.78 is 6.05. The lowest BCUT2D eigenvalue weighted by Gasteiger charge is -2.29. The Morgan fingerprint density at radius 1 is 0.514 bits per heavy atom. The summed E-state index contributed by atoms with van der Waals surface area (Å²) in [6.07, 6.45) is 6.81. The van der Waals surface area contributed by atoms with E-state index < -0.39 is 126 Å². The molecule has 0 aromatic carbocycles. The number of primary amides is 1. The minimum atomic E-state index is -1.71. The molecule has 0 saturated carbocycles. The van der Waals surface area contributed by atoms with Crippen molar-refractivity contribution in [1.82, 2.24) is 37.2 Å². The predicted molar refractivity (Wildman–Crippen MR) is 273 cm³/mol. The molecule has 0 aliphatic carbocycles. The number of carboxylic acids is 1. The quantitative estimate of drug-likeness (QED) is 0.0486. The second-order valence-electron chi connectivity index (χ2n) is 21.7. The number of ether oxygens (including phenoxy) is 1. The van der Waals surface area contributed by atoms with Crippen LogP contribution < -0.4 is 43.0 Å². The van der Waals surface area contributed by atoms with Crippen molar-refractivity contribution in [3.63, 3.8) is 0 Å². The summed E-state index contributed by atoms with van der Waals surface area (Å²) in [7, 11) is 0. The summed E-state index contributed by atoms with van der Waals surface area (Å²) in [5.74, 6) is -10.0. The van der Waals surface area contributed by atoms with Crippen LogP contribution in [0.15, 0.2) is 0 Å². The molecule has 20 heteroatoms. The van der Waals surface area contributed by atoms with E-state index in [0.717, 1.165) is 38.5 Å². The Balaban J connectivity index is 3.97. The van der Waals surface area contributed by atoms with E-state index in [2.05, 4.69) is 44.1 Å². The number of carbonyl (C=O) groups is 10. The Morgan fingerprint density at radius 2 is 0.903 bits per heavy atom. The molecule has 4 unspecified atom stereocenters. The first kappa shape index (κ1) is 64.7. The minimum absolute atomic E-state index is 0.0479. The van der Waals surface area contributed by atoms with Gasteiger partial charge in [-0.3, -0.25) is 43.2 Å². The number of rotatable bonds is 24. The lowest BCUT2D eigenvalue weighted by Crippen LogP contribution is -2.61. The molecule has 20 nitrogen and oxygen atoms in total. The number of esters is 1. The van der Waals surface area contributed by atoms with Crippen LogP contribution in [0.1, 0.15) is 192 Å². The van der Waals surface area contributed by atoms with Crippen LogP contribution in [0.2, 0.25) is 0 Å². The highest BCUT2D eigenvalue weighted by molar-refractivity contribution is 5.98. The van der Waals surface area contributed by atoms with E-state index in [1.807, 2.05) is 41.5 Å². The molecular formula is C52H92N8O12. The Kier molecular flexibility index (Phi) is 30.7. The Labute approximate surface area is 428 Å². The van der Waals surface area contributed by atoms with Crippen LogP contribution in [-0.2, 0) is 52.7 Å². The molecule has 1 fully saturated rings. The predicted octanol–water partition coefficient (Wildman–Crippen LogP) is 4.20.